The Kier molecular flexibility index (Phi) is 18.7. The molecule has 0 bridgehead atoms. The molecule has 8 aromatic rings. The van der Waals surface area contributed by atoms with Crippen LogP contribution in [-0.4, -0.2) is 50.9 Å². The van der Waals surface area contributed by atoms with Gasteiger partial charge in [-0.05, 0) is 84.8 Å². The van der Waals surface area contributed by atoms with Crippen LogP contribution in [0.15, 0.2) is 212 Å². The Bertz CT molecular complexity index is 2510. The van der Waals surface area contributed by atoms with Gasteiger partial charge in [-0.15, -0.1) is 0 Å². The summed E-state index contributed by atoms with van der Waals surface area (Å²) in [6, 6.07) is 73.8. The first-order valence-corrected chi connectivity index (χ1v) is 30.3. The predicted molar refractivity (Wildman–Crippen MR) is 283 cm³/mol. The first-order valence-electron chi connectivity index (χ1n) is 21.7. The fourth-order valence-corrected chi connectivity index (χ4v) is 13.6. The van der Waals surface area contributed by atoms with E-state index < -0.39 is 30.4 Å². The molecule has 2 fully saturated rings. The molecular weight excluding hydrogens is 1020 g/mol. The van der Waals surface area contributed by atoms with E-state index in [0.717, 1.165) is 24.5 Å². The van der Waals surface area contributed by atoms with Crippen LogP contribution in [0.2, 0.25) is 0 Å². The maximum absolute atomic E-state index is 12.4. The molecule has 7 nitrogen and oxygen atoms in total. The third kappa shape index (κ3) is 13.7. The summed E-state index contributed by atoms with van der Waals surface area (Å²) in [6.07, 6.45) is 2.50. The van der Waals surface area contributed by atoms with Crippen LogP contribution < -0.4 is 42.5 Å². The van der Waals surface area contributed by atoms with E-state index in [1.165, 1.54) is 38.1 Å². The molecule has 2 N–H and O–H groups in total. The van der Waals surface area contributed by atoms with E-state index in [4.69, 9.17) is 34.5 Å². The average molecular weight is 1080 g/mol. The number of nitrogen functional groups attached to an aromatic ring is 1. The maximum atomic E-state index is 12.4. The van der Waals surface area contributed by atoms with E-state index in [2.05, 4.69) is 192 Å². The van der Waals surface area contributed by atoms with Crippen LogP contribution in [0.3, 0.4) is 0 Å². The number of rotatable bonds is 10. The second-order valence-electron chi connectivity index (χ2n) is 15.7. The Morgan fingerprint density at radius 3 is 1.18 bits per heavy atom. The molecule has 67 heavy (non-hydrogen) atoms. The fraction of sp³-hybridized carbons (Fsp3) is 0.148. The Balaban J connectivity index is 0.000000147. The van der Waals surface area contributed by atoms with Crippen LogP contribution in [0.5, 0.6) is 0 Å². The average Bonchev–Trinajstić information content (AvgIpc) is 4.21. The standard InChI is InChI=1S/C18H22N4O3S.2C18H15P.2ClH.Pd/c1-26(23,24)18(6-7-18)15-12-16(22-8-10-25-11-9-22)21-17(20-15)13-2-4-14(19)5-3-13;2*1-4-10-16(11-5-1)19(17-12-6-2-7-13-17)18-14-8-3-9-15-18;;;/h2-5,12H,6-11,19H2,1H3;2*1-15H;2*1H;/q;;;;;+2/p-2. The van der Waals surface area contributed by atoms with Gasteiger partial charge >= 0.3 is 35.0 Å². The number of nitrogens with zero attached hydrogens (tertiary/aromatic N) is 3. The molecule has 0 radical (unpaired) electrons. The van der Waals surface area contributed by atoms with Crippen LogP contribution in [0.1, 0.15) is 18.5 Å². The second-order valence-corrected chi connectivity index (χ2v) is 24.8. The monoisotopic (exact) mass is 1070 g/mol. The van der Waals surface area contributed by atoms with Crippen molar-refractivity contribution in [1.82, 2.24) is 9.97 Å². The molecule has 346 valence electrons. The van der Waals surface area contributed by atoms with Gasteiger partial charge in [-0.1, -0.05) is 182 Å². The molecule has 0 atom stereocenters. The van der Waals surface area contributed by atoms with E-state index in [0.29, 0.717) is 43.3 Å². The first-order chi connectivity index (χ1) is 32.7. The molecule has 13 heteroatoms. The van der Waals surface area contributed by atoms with Crippen molar-refractivity contribution >= 4 is 88.1 Å². The SMILES string of the molecule is CS(=O)(=O)C1(c2cc(N3CCOCC3)nc(-c3ccc(N)cc3)n2)CC1.[Cl][Pd][Cl].c1ccc(P(c2ccccc2)c2ccccc2)cc1.c1ccc(P(c2ccccc2)c2ccccc2)cc1. The van der Waals surface area contributed by atoms with Gasteiger partial charge in [0.1, 0.15) is 10.6 Å². The van der Waals surface area contributed by atoms with Crippen LogP contribution >= 0.6 is 34.9 Å². The molecule has 2 heterocycles. The van der Waals surface area contributed by atoms with E-state index in [9.17, 15) is 8.42 Å². The summed E-state index contributed by atoms with van der Waals surface area (Å²) >= 11 is -0.106. The van der Waals surface area contributed by atoms with Gasteiger partial charge in [0.2, 0.25) is 0 Å². The van der Waals surface area contributed by atoms with Crippen molar-refractivity contribution in [1.29, 1.82) is 0 Å². The quantitative estimate of drug-likeness (QED) is 0.0828. The molecule has 0 amide bonds. The normalized spacial score (nSPS) is 13.8. The first kappa shape index (κ1) is 50.1. The largest absolute Gasteiger partial charge is 0.0622 e. The van der Waals surface area contributed by atoms with Gasteiger partial charge in [0.05, 0.1) is 18.9 Å². The van der Waals surface area contributed by atoms with Crippen molar-refractivity contribution in [2.45, 2.75) is 17.6 Å². The van der Waals surface area contributed by atoms with Crippen LogP contribution in [0.25, 0.3) is 11.4 Å². The zero-order valence-corrected chi connectivity index (χ0v) is 42.6. The molecule has 1 aliphatic carbocycles. The fourth-order valence-electron chi connectivity index (χ4n) is 7.67. The molecule has 1 aromatic heterocycles. The number of sulfone groups is 1. The summed E-state index contributed by atoms with van der Waals surface area (Å²) in [5.41, 5.74) is 7.84. The second kappa shape index (κ2) is 25.0. The zero-order chi connectivity index (χ0) is 46.9. The van der Waals surface area contributed by atoms with Crippen molar-refractivity contribution < 1.29 is 29.1 Å². The summed E-state index contributed by atoms with van der Waals surface area (Å²) in [7, 11) is 5.48. The minimum Gasteiger partial charge on any atom is -0.0622 e. The number of morpholine rings is 1. The van der Waals surface area contributed by atoms with Gasteiger partial charge in [0, 0.05) is 36.7 Å². The Morgan fingerprint density at radius 1 is 0.552 bits per heavy atom. The Morgan fingerprint density at radius 2 is 0.881 bits per heavy atom. The molecule has 10 rings (SSSR count). The molecule has 1 aliphatic heterocycles. The van der Waals surface area contributed by atoms with Gasteiger partial charge in [-0.25, -0.2) is 18.4 Å². The number of nitrogens with two attached hydrogens (primary N) is 1. The van der Waals surface area contributed by atoms with E-state index in [1.54, 1.807) is 12.1 Å². The number of hydrogen-bond donors (Lipinski definition) is 1. The summed E-state index contributed by atoms with van der Waals surface area (Å²) in [6.45, 7) is 2.72. The van der Waals surface area contributed by atoms with E-state index in [-0.39, 0.29) is 15.9 Å². The number of benzene rings is 7. The third-order valence-corrected chi connectivity index (χ3v) is 18.1. The van der Waals surface area contributed by atoms with Gasteiger partial charge in [-0.3, -0.25) is 0 Å². The Hall–Kier alpha value is -4.77. The topological polar surface area (TPSA) is 98.4 Å². The zero-order valence-electron chi connectivity index (χ0n) is 37.0. The van der Waals surface area contributed by atoms with Gasteiger partial charge in [0.25, 0.3) is 0 Å². The van der Waals surface area contributed by atoms with Crippen molar-refractivity contribution in [3.05, 3.63) is 218 Å². The number of anilines is 2. The predicted octanol–water partition coefficient (Wildman–Crippen LogP) is 9.86. The maximum Gasteiger partial charge on any atom is -0.0134 e. The third-order valence-electron chi connectivity index (χ3n) is 11.2. The smallest absolute Gasteiger partial charge is 0.0134 e. The minimum atomic E-state index is -3.25. The summed E-state index contributed by atoms with van der Waals surface area (Å²) in [5.74, 6) is 1.28. The molecule has 7 aromatic carbocycles. The molecule has 0 spiro atoms. The van der Waals surface area contributed by atoms with Crippen molar-refractivity contribution in [3.8, 4) is 11.4 Å². The molecule has 2 aliphatic rings. The number of hydrogen-bond acceptors (Lipinski definition) is 7. The Labute approximate surface area is 414 Å². The molecular formula is C54H52Cl2N4O3P2PdS. The van der Waals surface area contributed by atoms with Crippen molar-refractivity contribution in [2.24, 2.45) is 0 Å². The molecule has 1 saturated heterocycles. The van der Waals surface area contributed by atoms with Crippen LogP contribution in [0, 0.1) is 0 Å². The van der Waals surface area contributed by atoms with E-state index >= 15 is 0 Å². The van der Waals surface area contributed by atoms with Gasteiger partial charge in [-0.2, -0.15) is 0 Å². The molecule has 0 unspecified atom stereocenters. The van der Waals surface area contributed by atoms with Crippen LogP contribution in [0.4, 0.5) is 11.5 Å². The van der Waals surface area contributed by atoms with Crippen LogP contribution in [-0.2, 0) is 35.3 Å². The van der Waals surface area contributed by atoms with Crippen molar-refractivity contribution in [2.75, 3.05) is 43.2 Å². The number of ether oxygens (including phenoxy) is 1. The summed E-state index contributed by atoms with van der Waals surface area (Å²) in [4.78, 5) is 11.5. The number of halogens is 2. The van der Waals surface area contributed by atoms with Gasteiger partial charge in [0.15, 0.2) is 15.7 Å². The van der Waals surface area contributed by atoms with Gasteiger partial charge < -0.3 is 15.4 Å². The number of aromatic nitrogens is 2. The minimum absolute atomic E-state index is 0.106. The van der Waals surface area contributed by atoms with Crippen molar-refractivity contribution in [3.63, 3.8) is 0 Å². The molecule has 1 saturated carbocycles. The van der Waals surface area contributed by atoms with E-state index in [1.807, 2.05) is 18.2 Å². The summed E-state index contributed by atoms with van der Waals surface area (Å²) in [5, 5.41) is 8.39. The summed E-state index contributed by atoms with van der Waals surface area (Å²) < 4.78 is 29.3.